The molecule has 26 heavy (non-hydrogen) atoms. The van der Waals surface area contributed by atoms with Gasteiger partial charge in [0.2, 0.25) is 11.8 Å². The Morgan fingerprint density at radius 1 is 1.23 bits per heavy atom. The summed E-state index contributed by atoms with van der Waals surface area (Å²) in [4.78, 5) is 40.6. The van der Waals surface area contributed by atoms with Crippen molar-refractivity contribution in [3.63, 3.8) is 0 Å². The van der Waals surface area contributed by atoms with Crippen molar-refractivity contribution in [2.75, 3.05) is 32.7 Å². The van der Waals surface area contributed by atoms with Crippen LogP contribution in [0.15, 0.2) is 24.3 Å². The average molecular weight is 380 g/mol. The van der Waals surface area contributed by atoms with Crippen LogP contribution in [0.25, 0.3) is 0 Å². The van der Waals surface area contributed by atoms with E-state index < -0.39 is 0 Å². The van der Waals surface area contributed by atoms with Gasteiger partial charge >= 0.3 is 0 Å². The molecule has 2 rings (SSSR count). The number of carbonyl (C=O) groups excluding carboxylic acids is 3. The molecule has 1 N–H and O–H groups in total. The van der Waals surface area contributed by atoms with Crippen molar-refractivity contribution in [1.82, 2.24) is 15.1 Å². The predicted molar refractivity (Wildman–Crippen MR) is 101 cm³/mol. The Morgan fingerprint density at radius 2 is 1.92 bits per heavy atom. The van der Waals surface area contributed by atoms with Gasteiger partial charge in [-0.05, 0) is 51.0 Å². The van der Waals surface area contributed by atoms with E-state index >= 15 is 0 Å². The van der Waals surface area contributed by atoms with Gasteiger partial charge in [0.15, 0.2) is 0 Å². The Morgan fingerprint density at radius 3 is 2.54 bits per heavy atom. The van der Waals surface area contributed by atoms with Crippen LogP contribution in [-0.4, -0.2) is 60.2 Å². The van der Waals surface area contributed by atoms with Crippen LogP contribution in [-0.2, 0) is 9.59 Å². The molecule has 1 saturated heterocycles. The molecular weight excluding hydrogens is 354 g/mol. The minimum Gasteiger partial charge on any atom is -0.355 e. The smallest absolute Gasteiger partial charge is 0.253 e. The number of hydrogen-bond acceptors (Lipinski definition) is 3. The van der Waals surface area contributed by atoms with E-state index in [1.54, 1.807) is 34.1 Å². The van der Waals surface area contributed by atoms with E-state index in [1.165, 1.54) is 0 Å². The van der Waals surface area contributed by atoms with Crippen molar-refractivity contribution in [2.24, 2.45) is 5.92 Å². The number of likely N-dealkylation sites (tertiary alicyclic amines) is 1. The molecule has 0 bridgehead atoms. The fourth-order valence-corrected chi connectivity index (χ4v) is 3.29. The van der Waals surface area contributed by atoms with Gasteiger partial charge in [-0.15, -0.1) is 0 Å². The summed E-state index contributed by atoms with van der Waals surface area (Å²) in [5.41, 5.74) is 0.567. The maximum atomic E-state index is 12.8. The topological polar surface area (TPSA) is 69.7 Å². The first-order chi connectivity index (χ1) is 12.5. The molecule has 1 aliphatic rings. The Labute approximate surface area is 159 Å². The van der Waals surface area contributed by atoms with Crippen LogP contribution in [0.5, 0.6) is 0 Å². The van der Waals surface area contributed by atoms with Gasteiger partial charge < -0.3 is 15.1 Å². The van der Waals surface area contributed by atoms with E-state index in [0.29, 0.717) is 36.8 Å². The normalized spacial score (nSPS) is 16.9. The molecule has 1 aliphatic heterocycles. The van der Waals surface area contributed by atoms with E-state index in [4.69, 9.17) is 11.6 Å². The van der Waals surface area contributed by atoms with Gasteiger partial charge in [0, 0.05) is 36.8 Å². The lowest BCUT2D eigenvalue weighted by atomic mass is 9.95. The molecule has 7 heteroatoms. The number of carbonyl (C=O) groups is 3. The molecule has 0 radical (unpaired) electrons. The van der Waals surface area contributed by atoms with Gasteiger partial charge in [-0.2, -0.15) is 0 Å². The lowest BCUT2D eigenvalue weighted by Gasteiger charge is -2.34. The van der Waals surface area contributed by atoms with Gasteiger partial charge in [-0.1, -0.05) is 11.6 Å². The van der Waals surface area contributed by atoms with Gasteiger partial charge in [-0.25, -0.2) is 0 Å². The van der Waals surface area contributed by atoms with Crippen LogP contribution in [0, 0.1) is 5.92 Å². The monoisotopic (exact) mass is 379 g/mol. The molecule has 0 aliphatic carbocycles. The summed E-state index contributed by atoms with van der Waals surface area (Å²) in [6, 6.07) is 6.77. The van der Waals surface area contributed by atoms with Gasteiger partial charge in [0.25, 0.3) is 5.91 Å². The minimum absolute atomic E-state index is 0.0603. The zero-order chi connectivity index (χ0) is 19.1. The summed E-state index contributed by atoms with van der Waals surface area (Å²) < 4.78 is 0. The predicted octanol–water partition coefficient (Wildman–Crippen LogP) is 2.18. The molecule has 0 saturated carbocycles. The summed E-state index contributed by atoms with van der Waals surface area (Å²) in [7, 11) is 0. The van der Waals surface area contributed by atoms with Crippen LogP contribution in [0.1, 0.15) is 37.0 Å². The van der Waals surface area contributed by atoms with Crippen LogP contribution in [0.4, 0.5) is 0 Å². The van der Waals surface area contributed by atoms with Crippen LogP contribution >= 0.6 is 11.6 Å². The molecule has 1 unspecified atom stereocenters. The maximum absolute atomic E-state index is 12.8. The van der Waals surface area contributed by atoms with E-state index in [2.05, 4.69) is 5.32 Å². The second-order valence-electron chi connectivity index (χ2n) is 6.40. The highest BCUT2D eigenvalue weighted by molar-refractivity contribution is 6.30. The molecule has 6 nitrogen and oxygen atoms in total. The van der Waals surface area contributed by atoms with Gasteiger partial charge in [0.1, 0.15) is 0 Å². The van der Waals surface area contributed by atoms with Crippen LogP contribution in [0.2, 0.25) is 5.02 Å². The summed E-state index contributed by atoms with van der Waals surface area (Å²) in [5, 5.41) is 3.29. The van der Waals surface area contributed by atoms with Crippen molar-refractivity contribution < 1.29 is 14.4 Å². The van der Waals surface area contributed by atoms with Crippen molar-refractivity contribution in [1.29, 1.82) is 0 Å². The standard InChI is InChI=1S/C19H26ClN3O3/c1-3-21-17(24)13-22(4-2)19(26)15-6-5-11-23(12-15)18(25)14-7-9-16(20)10-8-14/h7-10,15H,3-6,11-13H2,1-2H3,(H,21,24). The number of piperidine rings is 1. The number of rotatable bonds is 6. The van der Waals surface area contributed by atoms with Crippen LogP contribution < -0.4 is 5.32 Å². The Balaban J connectivity index is 2.01. The van der Waals surface area contributed by atoms with Crippen molar-refractivity contribution in [3.8, 4) is 0 Å². The maximum Gasteiger partial charge on any atom is 0.253 e. The number of amides is 3. The molecule has 142 valence electrons. The van der Waals surface area contributed by atoms with E-state index in [-0.39, 0.29) is 30.2 Å². The summed E-state index contributed by atoms with van der Waals surface area (Å²) in [5.74, 6) is -0.583. The molecule has 0 spiro atoms. The first-order valence-electron chi connectivity index (χ1n) is 9.06. The quantitative estimate of drug-likeness (QED) is 0.823. The molecule has 3 amide bonds. The zero-order valence-corrected chi connectivity index (χ0v) is 16.1. The summed E-state index contributed by atoms with van der Waals surface area (Å²) >= 11 is 5.87. The Hall–Kier alpha value is -2.08. The highest BCUT2D eigenvalue weighted by Gasteiger charge is 2.31. The van der Waals surface area contributed by atoms with Crippen LogP contribution in [0.3, 0.4) is 0 Å². The fraction of sp³-hybridized carbons (Fsp3) is 0.526. The number of halogens is 1. The first-order valence-corrected chi connectivity index (χ1v) is 9.44. The lowest BCUT2D eigenvalue weighted by molar-refractivity contribution is -0.140. The van der Waals surface area contributed by atoms with Gasteiger partial charge in [-0.3, -0.25) is 14.4 Å². The van der Waals surface area contributed by atoms with Crippen molar-refractivity contribution in [3.05, 3.63) is 34.9 Å². The molecular formula is C19H26ClN3O3. The highest BCUT2D eigenvalue weighted by Crippen LogP contribution is 2.21. The molecule has 1 aromatic rings. The van der Waals surface area contributed by atoms with E-state index in [9.17, 15) is 14.4 Å². The second kappa shape index (κ2) is 9.57. The summed E-state index contributed by atoms with van der Waals surface area (Å²) in [6.07, 6.45) is 1.50. The third-order valence-corrected chi connectivity index (χ3v) is 4.80. The SMILES string of the molecule is CCNC(=O)CN(CC)C(=O)C1CCCN(C(=O)c2ccc(Cl)cc2)C1. The lowest BCUT2D eigenvalue weighted by Crippen LogP contribution is -2.49. The summed E-state index contributed by atoms with van der Waals surface area (Å²) in [6.45, 7) is 5.79. The average Bonchev–Trinajstić information content (AvgIpc) is 2.66. The molecule has 1 aromatic carbocycles. The number of hydrogen-bond donors (Lipinski definition) is 1. The largest absolute Gasteiger partial charge is 0.355 e. The Bertz CT molecular complexity index is 648. The number of nitrogens with zero attached hydrogens (tertiary/aromatic N) is 2. The molecule has 1 heterocycles. The number of benzene rings is 1. The zero-order valence-electron chi connectivity index (χ0n) is 15.3. The van der Waals surface area contributed by atoms with E-state index in [0.717, 1.165) is 12.8 Å². The molecule has 0 aromatic heterocycles. The minimum atomic E-state index is -0.269. The Kier molecular flexibility index (Phi) is 7.45. The van der Waals surface area contributed by atoms with Crippen molar-refractivity contribution in [2.45, 2.75) is 26.7 Å². The second-order valence-corrected chi connectivity index (χ2v) is 6.84. The number of likely N-dealkylation sites (N-methyl/N-ethyl adjacent to an activating group) is 2. The molecule has 1 atom stereocenters. The van der Waals surface area contributed by atoms with Crippen molar-refractivity contribution >= 4 is 29.3 Å². The molecule has 1 fully saturated rings. The third-order valence-electron chi connectivity index (χ3n) is 4.55. The van der Waals surface area contributed by atoms with Gasteiger partial charge in [0.05, 0.1) is 12.5 Å². The highest BCUT2D eigenvalue weighted by atomic mass is 35.5. The number of nitrogens with one attached hydrogen (secondary N) is 1. The van der Waals surface area contributed by atoms with E-state index in [1.807, 2.05) is 13.8 Å². The first kappa shape index (κ1) is 20.2. The third kappa shape index (κ3) is 5.21. The fourth-order valence-electron chi connectivity index (χ4n) is 3.17.